The van der Waals surface area contributed by atoms with Gasteiger partial charge in [0.1, 0.15) is 0 Å². The lowest BCUT2D eigenvalue weighted by atomic mass is 10.1. The summed E-state index contributed by atoms with van der Waals surface area (Å²) in [4.78, 5) is 11.7. The molecule has 1 amide bonds. The van der Waals surface area contributed by atoms with Crippen LogP contribution in [0.15, 0.2) is 18.2 Å². The van der Waals surface area contributed by atoms with Crippen LogP contribution in [0.3, 0.4) is 0 Å². The molecule has 0 radical (unpaired) electrons. The van der Waals surface area contributed by atoms with E-state index in [2.05, 4.69) is 5.32 Å². The van der Waals surface area contributed by atoms with Crippen molar-refractivity contribution in [3.05, 3.63) is 34.3 Å². The van der Waals surface area contributed by atoms with E-state index in [1.54, 1.807) is 18.2 Å². The zero-order chi connectivity index (χ0) is 12.1. The van der Waals surface area contributed by atoms with Crippen LogP contribution in [0, 0.1) is 12.8 Å². The second-order valence-corrected chi connectivity index (χ2v) is 4.65. The summed E-state index contributed by atoms with van der Waals surface area (Å²) in [5.74, 6) is 0.732. The minimum absolute atomic E-state index is 0.0864. The lowest BCUT2D eigenvalue weighted by molar-refractivity contribution is 0.0949. The molecular formula is C12H15Cl2NO. The predicted molar refractivity (Wildman–Crippen MR) is 68.4 cm³/mol. The number of alkyl halides is 1. The highest BCUT2D eigenvalue weighted by Gasteiger charge is 2.08. The molecule has 1 aromatic rings. The van der Waals surface area contributed by atoms with Crippen molar-refractivity contribution < 1.29 is 4.79 Å². The largest absolute Gasteiger partial charge is 0.352 e. The monoisotopic (exact) mass is 259 g/mol. The normalized spacial score (nSPS) is 12.2. The zero-order valence-electron chi connectivity index (χ0n) is 9.39. The molecule has 0 aliphatic rings. The number of amides is 1. The zero-order valence-corrected chi connectivity index (χ0v) is 10.9. The highest BCUT2D eigenvalue weighted by Crippen LogP contribution is 2.16. The molecule has 0 fully saturated rings. The molecule has 0 heterocycles. The number of aryl methyl sites for hydroxylation is 1. The van der Waals surface area contributed by atoms with Gasteiger partial charge in [0.05, 0.1) is 0 Å². The maximum absolute atomic E-state index is 11.7. The average Bonchev–Trinajstić information content (AvgIpc) is 2.29. The van der Waals surface area contributed by atoms with Gasteiger partial charge in [-0.05, 0) is 36.6 Å². The van der Waals surface area contributed by atoms with Gasteiger partial charge in [-0.15, -0.1) is 11.6 Å². The van der Waals surface area contributed by atoms with E-state index in [1.807, 2.05) is 13.8 Å². The van der Waals surface area contributed by atoms with E-state index in [1.165, 1.54) is 0 Å². The number of halogens is 2. The van der Waals surface area contributed by atoms with Gasteiger partial charge >= 0.3 is 0 Å². The highest BCUT2D eigenvalue weighted by molar-refractivity contribution is 6.31. The molecule has 1 rings (SSSR count). The molecule has 1 unspecified atom stereocenters. The molecule has 0 aliphatic heterocycles. The number of carbonyl (C=O) groups is 1. The van der Waals surface area contributed by atoms with Crippen molar-refractivity contribution in [2.24, 2.45) is 5.92 Å². The third-order valence-electron chi connectivity index (χ3n) is 2.29. The molecule has 1 atom stereocenters. The molecule has 2 nitrogen and oxygen atoms in total. The Kier molecular flexibility index (Phi) is 5.10. The first-order chi connectivity index (χ1) is 7.54. The second kappa shape index (κ2) is 6.12. The van der Waals surface area contributed by atoms with E-state index >= 15 is 0 Å². The van der Waals surface area contributed by atoms with Gasteiger partial charge in [0.25, 0.3) is 5.91 Å². The van der Waals surface area contributed by atoms with Crippen LogP contribution in [0.2, 0.25) is 5.02 Å². The fourth-order valence-corrected chi connectivity index (χ4v) is 1.44. The Labute approximate surface area is 106 Å². The third kappa shape index (κ3) is 3.69. The first-order valence-electron chi connectivity index (χ1n) is 5.15. The van der Waals surface area contributed by atoms with Gasteiger partial charge < -0.3 is 5.32 Å². The Morgan fingerprint density at radius 2 is 2.19 bits per heavy atom. The maximum Gasteiger partial charge on any atom is 0.251 e. The number of nitrogens with one attached hydrogen (secondary N) is 1. The molecule has 4 heteroatoms. The molecule has 0 saturated carbocycles. The predicted octanol–water partition coefficient (Wildman–Crippen LogP) is 3.25. The molecule has 1 N–H and O–H groups in total. The van der Waals surface area contributed by atoms with Crippen LogP contribution in [0.4, 0.5) is 0 Å². The van der Waals surface area contributed by atoms with Crippen molar-refractivity contribution >= 4 is 29.1 Å². The van der Waals surface area contributed by atoms with Crippen LogP contribution < -0.4 is 5.32 Å². The van der Waals surface area contributed by atoms with Crippen molar-refractivity contribution in [3.8, 4) is 0 Å². The summed E-state index contributed by atoms with van der Waals surface area (Å²) in [5, 5.41) is 3.50. The number of benzene rings is 1. The quantitative estimate of drug-likeness (QED) is 0.827. The molecule has 0 bridgehead atoms. The first-order valence-corrected chi connectivity index (χ1v) is 6.06. The number of carbonyl (C=O) groups excluding carboxylic acids is 1. The summed E-state index contributed by atoms with van der Waals surface area (Å²) in [6.07, 6.45) is 0. The van der Waals surface area contributed by atoms with Crippen molar-refractivity contribution in [1.82, 2.24) is 5.32 Å². The molecule has 1 aromatic carbocycles. The number of hydrogen-bond donors (Lipinski definition) is 1. The fraction of sp³-hybridized carbons (Fsp3) is 0.417. The summed E-state index contributed by atoms with van der Waals surface area (Å²) in [6, 6.07) is 5.23. The summed E-state index contributed by atoms with van der Waals surface area (Å²) >= 11 is 11.5. The van der Waals surface area contributed by atoms with Crippen molar-refractivity contribution in [3.63, 3.8) is 0 Å². The maximum atomic E-state index is 11.7. The van der Waals surface area contributed by atoms with E-state index < -0.39 is 0 Å². The molecule has 16 heavy (non-hydrogen) atoms. The van der Waals surface area contributed by atoms with Crippen molar-refractivity contribution in [2.75, 3.05) is 12.4 Å². The first kappa shape index (κ1) is 13.3. The Morgan fingerprint density at radius 3 is 2.75 bits per heavy atom. The van der Waals surface area contributed by atoms with E-state index in [4.69, 9.17) is 23.2 Å². The van der Waals surface area contributed by atoms with E-state index in [9.17, 15) is 4.79 Å². The van der Waals surface area contributed by atoms with Crippen molar-refractivity contribution in [1.29, 1.82) is 0 Å². The van der Waals surface area contributed by atoms with Gasteiger partial charge in [0.15, 0.2) is 0 Å². The molecule has 0 aromatic heterocycles. The Balaban J connectivity index is 2.63. The molecule has 88 valence electrons. The second-order valence-electron chi connectivity index (χ2n) is 3.93. The van der Waals surface area contributed by atoms with E-state index in [-0.39, 0.29) is 11.8 Å². The summed E-state index contributed by atoms with van der Waals surface area (Å²) < 4.78 is 0. The van der Waals surface area contributed by atoms with E-state index in [0.29, 0.717) is 23.0 Å². The Morgan fingerprint density at radius 1 is 1.50 bits per heavy atom. The summed E-state index contributed by atoms with van der Waals surface area (Å²) in [5.41, 5.74) is 1.53. The lowest BCUT2D eigenvalue weighted by Crippen LogP contribution is -2.28. The van der Waals surface area contributed by atoms with Gasteiger partial charge in [-0.3, -0.25) is 4.79 Å². The van der Waals surface area contributed by atoms with Crippen LogP contribution >= 0.6 is 23.2 Å². The van der Waals surface area contributed by atoms with Gasteiger partial charge in [-0.1, -0.05) is 18.5 Å². The van der Waals surface area contributed by atoms with Crippen LogP contribution in [0.1, 0.15) is 22.8 Å². The Hall–Kier alpha value is -0.730. The smallest absolute Gasteiger partial charge is 0.251 e. The Bertz CT molecular complexity index is 379. The third-order valence-corrected chi connectivity index (χ3v) is 3.25. The number of hydrogen-bond acceptors (Lipinski definition) is 1. The minimum Gasteiger partial charge on any atom is -0.352 e. The van der Waals surface area contributed by atoms with Gasteiger partial charge in [0.2, 0.25) is 0 Å². The van der Waals surface area contributed by atoms with Gasteiger partial charge in [0, 0.05) is 23.0 Å². The topological polar surface area (TPSA) is 29.1 Å². The fourth-order valence-electron chi connectivity index (χ4n) is 1.21. The molecule has 0 saturated heterocycles. The lowest BCUT2D eigenvalue weighted by Gasteiger charge is -2.10. The van der Waals surface area contributed by atoms with E-state index in [0.717, 1.165) is 5.56 Å². The SMILES string of the molecule is Cc1cc(C(=O)NCC(C)CCl)ccc1Cl. The van der Waals surface area contributed by atoms with Crippen molar-refractivity contribution in [2.45, 2.75) is 13.8 Å². The molecular weight excluding hydrogens is 245 g/mol. The summed E-state index contributed by atoms with van der Waals surface area (Å²) in [7, 11) is 0. The number of rotatable bonds is 4. The molecule has 0 aliphatic carbocycles. The van der Waals surface area contributed by atoms with Crippen LogP contribution in [0.25, 0.3) is 0 Å². The standard InChI is InChI=1S/C12H15Cl2NO/c1-8(6-13)7-15-12(16)10-3-4-11(14)9(2)5-10/h3-5,8H,6-7H2,1-2H3,(H,15,16). The van der Waals surface area contributed by atoms with Crippen LogP contribution in [-0.2, 0) is 0 Å². The minimum atomic E-state index is -0.0864. The highest BCUT2D eigenvalue weighted by atomic mass is 35.5. The average molecular weight is 260 g/mol. The summed E-state index contributed by atoms with van der Waals surface area (Å²) in [6.45, 7) is 4.45. The van der Waals surface area contributed by atoms with Gasteiger partial charge in [-0.25, -0.2) is 0 Å². The molecule has 0 spiro atoms. The van der Waals surface area contributed by atoms with Gasteiger partial charge in [-0.2, -0.15) is 0 Å². The van der Waals surface area contributed by atoms with Crippen LogP contribution in [-0.4, -0.2) is 18.3 Å². The van der Waals surface area contributed by atoms with Crippen LogP contribution in [0.5, 0.6) is 0 Å².